The summed E-state index contributed by atoms with van der Waals surface area (Å²) >= 11 is 0. The van der Waals surface area contributed by atoms with Gasteiger partial charge in [-0.1, -0.05) is 154 Å². The van der Waals surface area contributed by atoms with E-state index in [1.54, 1.807) is 0 Å². The van der Waals surface area contributed by atoms with E-state index in [1.165, 1.54) is 49.7 Å². The number of furan rings is 1. The van der Waals surface area contributed by atoms with Gasteiger partial charge < -0.3 is 9.32 Å². The number of anilines is 3. The van der Waals surface area contributed by atoms with Crippen molar-refractivity contribution in [1.29, 1.82) is 0 Å². The van der Waals surface area contributed by atoms with E-state index in [4.69, 9.17) is 4.42 Å². The molecule has 9 rings (SSSR count). The first-order valence-electron chi connectivity index (χ1n) is 18.0. The van der Waals surface area contributed by atoms with Gasteiger partial charge in [0, 0.05) is 27.6 Å². The molecule has 2 heteroatoms. The van der Waals surface area contributed by atoms with Crippen molar-refractivity contribution in [2.24, 2.45) is 0 Å². The highest BCUT2D eigenvalue weighted by Gasteiger charge is 2.25. The third kappa shape index (κ3) is 5.63. The number of para-hydroxylation sites is 1. The maximum Gasteiger partial charge on any atom is 0.135 e. The summed E-state index contributed by atoms with van der Waals surface area (Å²) in [5, 5.41) is 4.62. The van der Waals surface area contributed by atoms with Gasteiger partial charge in [0.2, 0.25) is 0 Å². The molecule has 0 amide bonds. The second-order valence-corrected chi connectivity index (χ2v) is 14.6. The minimum atomic E-state index is -0.0203. The van der Waals surface area contributed by atoms with Gasteiger partial charge in [0.1, 0.15) is 11.2 Å². The van der Waals surface area contributed by atoms with Crippen molar-refractivity contribution in [3.63, 3.8) is 0 Å². The molecule has 0 aliphatic carbocycles. The highest BCUT2D eigenvalue weighted by Crippen LogP contribution is 2.49. The van der Waals surface area contributed by atoms with Crippen LogP contribution in [0.5, 0.6) is 0 Å². The fraction of sp³-hybridized carbons (Fsp3) is 0.0800. The Balaban J connectivity index is 1.38. The van der Waals surface area contributed by atoms with Gasteiger partial charge in [-0.2, -0.15) is 0 Å². The molecule has 1 aromatic heterocycles. The van der Waals surface area contributed by atoms with Gasteiger partial charge in [-0.15, -0.1) is 0 Å². The summed E-state index contributed by atoms with van der Waals surface area (Å²) < 4.78 is 6.33. The summed E-state index contributed by atoms with van der Waals surface area (Å²) in [6.45, 7) is 6.86. The zero-order valence-electron chi connectivity index (χ0n) is 29.7. The smallest absolute Gasteiger partial charge is 0.135 e. The van der Waals surface area contributed by atoms with E-state index >= 15 is 0 Å². The van der Waals surface area contributed by atoms with Crippen LogP contribution in [0, 0.1) is 0 Å². The Morgan fingerprint density at radius 2 is 1.06 bits per heavy atom. The van der Waals surface area contributed by atoms with Gasteiger partial charge in [-0.05, 0) is 92.5 Å². The molecule has 2 nitrogen and oxygen atoms in total. The van der Waals surface area contributed by atoms with Crippen LogP contribution >= 0.6 is 0 Å². The number of benzene rings is 8. The van der Waals surface area contributed by atoms with Crippen molar-refractivity contribution in [1.82, 2.24) is 0 Å². The Morgan fingerprint density at radius 3 is 1.85 bits per heavy atom. The molecule has 0 aliphatic heterocycles. The molecule has 0 N–H and O–H groups in total. The lowest BCUT2D eigenvalue weighted by Gasteiger charge is -2.32. The van der Waals surface area contributed by atoms with Crippen LogP contribution < -0.4 is 4.90 Å². The third-order valence-corrected chi connectivity index (χ3v) is 10.2. The van der Waals surface area contributed by atoms with Crippen molar-refractivity contribution in [2.45, 2.75) is 26.2 Å². The molecule has 0 radical (unpaired) electrons. The minimum Gasteiger partial charge on any atom is -0.456 e. The maximum absolute atomic E-state index is 6.33. The summed E-state index contributed by atoms with van der Waals surface area (Å²) in [5.41, 5.74) is 13.4. The minimum absolute atomic E-state index is 0.0203. The molecule has 0 bridgehead atoms. The molecule has 9 aromatic rings. The Bertz CT molecular complexity index is 2720. The molecule has 0 saturated carbocycles. The highest BCUT2D eigenvalue weighted by molar-refractivity contribution is 6.09. The van der Waals surface area contributed by atoms with Crippen molar-refractivity contribution >= 4 is 49.8 Å². The van der Waals surface area contributed by atoms with Crippen LogP contribution in [0.2, 0.25) is 0 Å². The van der Waals surface area contributed by atoms with Gasteiger partial charge in [0.25, 0.3) is 0 Å². The van der Waals surface area contributed by atoms with Crippen molar-refractivity contribution in [2.75, 3.05) is 4.90 Å². The monoisotopic (exact) mass is 669 g/mol. The molecule has 250 valence electrons. The first kappa shape index (κ1) is 31.6. The Hall–Kier alpha value is -6.38. The molecule has 0 unspecified atom stereocenters. The zero-order chi connectivity index (χ0) is 35.2. The number of hydrogen-bond acceptors (Lipinski definition) is 2. The molecule has 0 fully saturated rings. The van der Waals surface area contributed by atoms with Gasteiger partial charge in [-0.25, -0.2) is 0 Å². The summed E-state index contributed by atoms with van der Waals surface area (Å²) in [7, 11) is 0. The number of nitrogens with zero attached hydrogens (tertiary/aromatic N) is 1. The fourth-order valence-electron chi connectivity index (χ4n) is 7.54. The topological polar surface area (TPSA) is 16.4 Å². The lowest BCUT2D eigenvalue weighted by molar-refractivity contribution is 0.590. The van der Waals surface area contributed by atoms with E-state index in [1.807, 2.05) is 12.1 Å². The first-order chi connectivity index (χ1) is 25.4. The van der Waals surface area contributed by atoms with Gasteiger partial charge >= 0.3 is 0 Å². The predicted octanol–water partition coefficient (Wildman–Crippen LogP) is 14.5. The van der Waals surface area contributed by atoms with Crippen LogP contribution in [0.15, 0.2) is 186 Å². The average molecular weight is 670 g/mol. The molecule has 0 spiro atoms. The summed E-state index contributed by atoms with van der Waals surface area (Å²) in [6, 6.07) is 65.7. The highest BCUT2D eigenvalue weighted by atomic mass is 16.3. The Kier molecular flexibility index (Phi) is 7.74. The summed E-state index contributed by atoms with van der Waals surface area (Å²) in [4.78, 5) is 2.47. The summed E-state index contributed by atoms with van der Waals surface area (Å²) in [5.74, 6) is 0. The lowest BCUT2D eigenvalue weighted by atomic mass is 9.84. The van der Waals surface area contributed by atoms with Crippen LogP contribution in [-0.2, 0) is 5.41 Å². The molecular formula is C50H39NO. The van der Waals surface area contributed by atoms with Crippen LogP contribution in [0.3, 0.4) is 0 Å². The molecule has 1 heterocycles. The third-order valence-electron chi connectivity index (χ3n) is 10.2. The SMILES string of the molecule is CC(C)(C)c1ccc(N(c2ccc3oc4ccccc4c3c2)c2ccc3ccccc3c2-c2cccc(-c3ccccc3)c2)c(-c2ccccc2)c1. The second kappa shape index (κ2) is 12.7. The van der Waals surface area contributed by atoms with E-state index in [0.29, 0.717) is 0 Å². The normalized spacial score (nSPS) is 11.8. The zero-order valence-corrected chi connectivity index (χ0v) is 29.7. The average Bonchev–Trinajstić information content (AvgIpc) is 3.56. The van der Waals surface area contributed by atoms with Crippen molar-refractivity contribution < 1.29 is 4.42 Å². The maximum atomic E-state index is 6.33. The van der Waals surface area contributed by atoms with E-state index in [2.05, 4.69) is 196 Å². The van der Waals surface area contributed by atoms with Gasteiger partial charge in [0.15, 0.2) is 0 Å². The van der Waals surface area contributed by atoms with E-state index in [-0.39, 0.29) is 5.41 Å². The molecule has 0 saturated heterocycles. The molecular weight excluding hydrogens is 631 g/mol. The molecule has 0 atom stereocenters. The van der Waals surface area contributed by atoms with Crippen LogP contribution in [0.1, 0.15) is 26.3 Å². The van der Waals surface area contributed by atoms with Crippen molar-refractivity contribution in [3.8, 4) is 33.4 Å². The van der Waals surface area contributed by atoms with E-state index < -0.39 is 0 Å². The van der Waals surface area contributed by atoms with Gasteiger partial charge in [-0.3, -0.25) is 0 Å². The quantitative estimate of drug-likeness (QED) is 0.175. The number of fused-ring (bicyclic) bond motifs is 4. The Morgan fingerprint density at radius 1 is 0.423 bits per heavy atom. The molecule has 0 aliphatic rings. The van der Waals surface area contributed by atoms with Crippen LogP contribution in [0.4, 0.5) is 17.1 Å². The van der Waals surface area contributed by atoms with Crippen LogP contribution in [0.25, 0.3) is 66.1 Å². The van der Waals surface area contributed by atoms with Crippen LogP contribution in [-0.4, -0.2) is 0 Å². The first-order valence-corrected chi connectivity index (χ1v) is 18.0. The fourth-order valence-corrected chi connectivity index (χ4v) is 7.54. The molecule has 52 heavy (non-hydrogen) atoms. The standard InChI is InChI=1S/C50H39NO/c1-50(2,3)39-26-29-45(43(32-39)35-17-8-5-9-18-35)51(40-27-30-48-44(33-40)42-23-12-13-24-47(42)52-48)46-28-25-36-19-10-11-22-41(36)49(46)38-21-14-20-37(31-38)34-15-6-4-7-16-34/h4-33H,1-3H3. The summed E-state index contributed by atoms with van der Waals surface area (Å²) in [6.07, 6.45) is 0. The largest absolute Gasteiger partial charge is 0.456 e. The van der Waals surface area contributed by atoms with E-state index in [9.17, 15) is 0 Å². The Labute approximate surface area is 305 Å². The number of hydrogen-bond donors (Lipinski definition) is 0. The predicted molar refractivity (Wildman–Crippen MR) is 221 cm³/mol. The van der Waals surface area contributed by atoms with E-state index in [0.717, 1.165) is 39.0 Å². The van der Waals surface area contributed by atoms with Crippen molar-refractivity contribution in [3.05, 3.63) is 188 Å². The second-order valence-electron chi connectivity index (χ2n) is 14.6. The lowest BCUT2D eigenvalue weighted by Crippen LogP contribution is -2.15. The van der Waals surface area contributed by atoms with Gasteiger partial charge in [0.05, 0.1) is 11.4 Å². The number of rotatable bonds is 6. The molecule has 8 aromatic carbocycles.